The van der Waals surface area contributed by atoms with Gasteiger partial charge in [0.05, 0.1) is 12.1 Å². The number of rotatable bonds is 9. The van der Waals surface area contributed by atoms with Gasteiger partial charge in [-0.25, -0.2) is 0 Å². The van der Waals surface area contributed by atoms with Crippen LogP contribution in [0.3, 0.4) is 0 Å². The first kappa shape index (κ1) is 21.5. The molecular weight excluding hydrogens is 278 g/mol. The number of hydrogen-bond acceptors (Lipinski definition) is 3. The molecule has 120 valence electrons. The molecule has 0 unspecified atom stereocenters. The lowest BCUT2D eigenvalue weighted by Crippen LogP contribution is -2.55. The number of carbonyl (C=O) groups excluding carboxylic acids is 2. The molecule has 4 N–H and O–H groups in total. The summed E-state index contributed by atoms with van der Waals surface area (Å²) >= 11 is 0. The normalized spacial score (nSPS) is 10.9. The van der Waals surface area contributed by atoms with Gasteiger partial charge in [-0.2, -0.15) is 0 Å². The van der Waals surface area contributed by atoms with Crippen molar-refractivity contribution in [1.29, 1.82) is 0 Å². The van der Waals surface area contributed by atoms with E-state index in [0.717, 1.165) is 19.3 Å². The molecule has 0 aliphatic heterocycles. The second-order valence-electron chi connectivity index (χ2n) is 5.45. The van der Waals surface area contributed by atoms with Crippen molar-refractivity contribution < 1.29 is 9.59 Å². The van der Waals surface area contributed by atoms with Gasteiger partial charge in [0.15, 0.2) is 0 Å². The average Bonchev–Trinajstić information content (AvgIpc) is 2.40. The predicted octanol–water partition coefficient (Wildman–Crippen LogP) is 1.59. The second-order valence-corrected chi connectivity index (χ2v) is 5.45. The van der Waals surface area contributed by atoms with Crippen molar-refractivity contribution in [3.05, 3.63) is 0 Å². The van der Waals surface area contributed by atoms with Gasteiger partial charge in [0.1, 0.15) is 0 Å². The molecule has 0 rings (SSSR count). The van der Waals surface area contributed by atoms with Crippen molar-refractivity contribution in [2.75, 3.05) is 13.1 Å². The zero-order valence-electron chi connectivity index (χ0n) is 13.1. The van der Waals surface area contributed by atoms with Crippen molar-refractivity contribution >= 4 is 24.2 Å². The summed E-state index contributed by atoms with van der Waals surface area (Å²) in [6, 6.07) is 0. The van der Waals surface area contributed by atoms with Gasteiger partial charge < -0.3 is 16.4 Å². The highest BCUT2D eigenvalue weighted by molar-refractivity contribution is 5.85. The number of amides is 2. The smallest absolute Gasteiger partial charge is 0.239 e. The summed E-state index contributed by atoms with van der Waals surface area (Å²) in [5, 5.41) is 5.56. The molecule has 20 heavy (non-hydrogen) atoms. The molecule has 2 amide bonds. The van der Waals surface area contributed by atoms with Gasteiger partial charge in [0, 0.05) is 13.0 Å². The SMILES string of the molecule is CCC(CC)(CN)NC(=O)CNC(=O)CCC(C)C.Cl. The van der Waals surface area contributed by atoms with E-state index in [-0.39, 0.29) is 36.3 Å². The van der Waals surface area contributed by atoms with Crippen LogP contribution < -0.4 is 16.4 Å². The topological polar surface area (TPSA) is 84.2 Å². The molecule has 0 aromatic carbocycles. The Hall–Kier alpha value is -0.810. The molecule has 0 saturated carbocycles. The van der Waals surface area contributed by atoms with E-state index in [1.807, 2.05) is 13.8 Å². The molecule has 0 heterocycles. The number of carbonyl (C=O) groups is 2. The van der Waals surface area contributed by atoms with Crippen LogP contribution >= 0.6 is 12.4 Å². The fraction of sp³-hybridized carbons (Fsp3) is 0.857. The van der Waals surface area contributed by atoms with Gasteiger partial charge in [0.2, 0.25) is 11.8 Å². The number of nitrogens with one attached hydrogen (secondary N) is 2. The first-order valence-corrected chi connectivity index (χ1v) is 7.16. The lowest BCUT2D eigenvalue weighted by Gasteiger charge is -2.31. The Balaban J connectivity index is 0. The molecule has 5 nitrogen and oxygen atoms in total. The van der Waals surface area contributed by atoms with E-state index in [2.05, 4.69) is 24.5 Å². The van der Waals surface area contributed by atoms with Crippen LogP contribution in [0, 0.1) is 5.92 Å². The highest BCUT2D eigenvalue weighted by atomic mass is 35.5. The lowest BCUT2D eigenvalue weighted by atomic mass is 9.93. The maximum atomic E-state index is 11.8. The number of nitrogens with two attached hydrogens (primary N) is 1. The summed E-state index contributed by atoms with van der Waals surface area (Å²) in [4.78, 5) is 23.3. The van der Waals surface area contributed by atoms with E-state index in [1.165, 1.54) is 0 Å². The zero-order valence-corrected chi connectivity index (χ0v) is 13.9. The fourth-order valence-corrected chi connectivity index (χ4v) is 1.79. The summed E-state index contributed by atoms with van der Waals surface area (Å²) < 4.78 is 0. The van der Waals surface area contributed by atoms with E-state index >= 15 is 0 Å². The molecule has 6 heteroatoms. The standard InChI is InChI=1S/C14H29N3O2.ClH/c1-5-14(6-2,10-15)17-13(19)9-16-12(18)8-7-11(3)4;/h11H,5-10,15H2,1-4H3,(H,16,18)(H,17,19);1H. The third kappa shape index (κ3) is 8.38. The molecule has 0 radical (unpaired) electrons. The highest BCUT2D eigenvalue weighted by Crippen LogP contribution is 2.12. The van der Waals surface area contributed by atoms with Gasteiger partial charge in [-0.3, -0.25) is 9.59 Å². The van der Waals surface area contributed by atoms with Gasteiger partial charge >= 0.3 is 0 Å². The van der Waals surface area contributed by atoms with Crippen LogP contribution in [0.25, 0.3) is 0 Å². The van der Waals surface area contributed by atoms with E-state index in [1.54, 1.807) is 0 Å². The Morgan fingerprint density at radius 2 is 1.70 bits per heavy atom. The van der Waals surface area contributed by atoms with Crippen LogP contribution in [0.4, 0.5) is 0 Å². The van der Waals surface area contributed by atoms with E-state index in [0.29, 0.717) is 18.9 Å². The van der Waals surface area contributed by atoms with Gasteiger partial charge in [-0.15, -0.1) is 12.4 Å². The lowest BCUT2D eigenvalue weighted by molar-refractivity contribution is -0.127. The molecular formula is C14H30ClN3O2. The van der Waals surface area contributed by atoms with Gasteiger partial charge in [-0.1, -0.05) is 27.7 Å². The molecule has 0 aliphatic carbocycles. The van der Waals surface area contributed by atoms with Crippen LogP contribution in [0.2, 0.25) is 0 Å². The quantitative estimate of drug-likeness (QED) is 0.605. The van der Waals surface area contributed by atoms with Gasteiger partial charge in [-0.05, 0) is 25.2 Å². The number of hydrogen-bond donors (Lipinski definition) is 3. The molecule has 0 atom stereocenters. The van der Waals surface area contributed by atoms with Crippen molar-refractivity contribution in [3.8, 4) is 0 Å². The summed E-state index contributed by atoms with van der Waals surface area (Å²) in [5.41, 5.74) is 5.36. The summed E-state index contributed by atoms with van der Waals surface area (Å²) in [5.74, 6) is 0.242. The Morgan fingerprint density at radius 1 is 1.15 bits per heavy atom. The molecule has 0 fully saturated rings. The van der Waals surface area contributed by atoms with Crippen LogP contribution in [-0.2, 0) is 9.59 Å². The largest absolute Gasteiger partial charge is 0.348 e. The summed E-state index contributed by atoms with van der Waals surface area (Å²) in [7, 11) is 0. The van der Waals surface area contributed by atoms with E-state index in [9.17, 15) is 9.59 Å². The minimum absolute atomic E-state index is 0. The minimum Gasteiger partial charge on any atom is -0.348 e. The Morgan fingerprint density at radius 3 is 2.10 bits per heavy atom. The van der Waals surface area contributed by atoms with Crippen molar-refractivity contribution in [2.45, 2.75) is 58.9 Å². The molecule has 0 saturated heterocycles. The zero-order chi connectivity index (χ0) is 14.9. The summed E-state index contributed by atoms with van der Waals surface area (Å²) in [6.45, 7) is 8.57. The van der Waals surface area contributed by atoms with Crippen LogP contribution in [0.15, 0.2) is 0 Å². The fourth-order valence-electron chi connectivity index (χ4n) is 1.79. The Bertz CT molecular complexity index is 284. The number of halogens is 1. The van der Waals surface area contributed by atoms with Crippen molar-refractivity contribution in [3.63, 3.8) is 0 Å². The molecule has 0 aromatic heterocycles. The Labute approximate surface area is 128 Å². The van der Waals surface area contributed by atoms with Crippen LogP contribution in [-0.4, -0.2) is 30.4 Å². The minimum atomic E-state index is -0.347. The third-order valence-electron chi connectivity index (χ3n) is 3.54. The second kappa shape index (κ2) is 10.9. The third-order valence-corrected chi connectivity index (χ3v) is 3.54. The van der Waals surface area contributed by atoms with Crippen LogP contribution in [0.5, 0.6) is 0 Å². The van der Waals surface area contributed by atoms with Crippen molar-refractivity contribution in [1.82, 2.24) is 10.6 Å². The predicted molar refractivity (Wildman–Crippen MR) is 84.8 cm³/mol. The summed E-state index contributed by atoms with van der Waals surface area (Å²) in [6.07, 6.45) is 2.87. The van der Waals surface area contributed by atoms with E-state index < -0.39 is 0 Å². The first-order chi connectivity index (χ1) is 8.89. The van der Waals surface area contributed by atoms with Crippen molar-refractivity contribution in [2.24, 2.45) is 11.7 Å². The van der Waals surface area contributed by atoms with Crippen LogP contribution in [0.1, 0.15) is 53.4 Å². The molecule has 0 aliphatic rings. The first-order valence-electron chi connectivity index (χ1n) is 7.16. The maximum Gasteiger partial charge on any atom is 0.239 e. The van der Waals surface area contributed by atoms with E-state index in [4.69, 9.17) is 5.73 Å². The molecule has 0 bridgehead atoms. The maximum absolute atomic E-state index is 11.8. The average molecular weight is 308 g/mol. The highest BCUT2D eigenvalue weighted by Gasteiger charge is 2.26. The van der Waals surface area contributed by atoms with Gasteiger partial charge in [0.25, 0.3) is 0 Å². The molecule has 0 aromatic rings. The monoisotopic (exact) mass is 307 g/mol. The molecule has 0 spiro atoms. The Kier molecular flexibility index (Phi) is 11.7.